The first-order valence-corrected chi connectivity index (χ1v) is 20.4. The number of aliphatic hydroxyl groups excluding tert-OH is 4. The molecule has 1 aliphatic carbocycles. The van der Waals surface area contributed by atoms with Crippen molar-refractivity contribution in [3.05, 3.63) is 36.0 Å². The number of Topliss-reactive ketones (excluding diaryl/α,β-unsaturated/α-hetero) is 2. The summed E-state index contributed by atoms with van der Waals surface area (Å²) in [7, 11) is 2.60. The molecule has 56 heavy (non-hydrogen) atoms. The van der Waals surface area contributed by atoms with Crippen LogP contribution in [0.2, 0.25) is 0 Å². The van der Waals surface area contributed by atoms with Crippen molar-refractivity contribution in [3.63, 3.8) is 0 Å². The second kappa shape index (κ2) is 21.8. The molecule has 3 rings (SSSR count). The normalized spacial score (nSPS) is 39.6. The lowest BCUT2D eigenvalue weighted by atomic mass is 9.82. The van der Waals surface area contributed by atoms with Gasteiger partial charge >= 0.3 is 5.97 Å². The van der Waals surface area contributed by atoms with Crippen LogP contribution in [0, 0.1) is 29.6 Å². The molecular weight excluding hydrogens is 722 g/mol. The van der Waals surface area contributed by atoms with Gasteiger partial charge in [0.15, 0.2) is 0 Å². The minimum atomic E-state index is -2.55. The van der Waals surface area contributed by atoms with Gasteiger partial charge in [-0.25, -0.2) is 4.79 Å². The topological polar surface area (TPSA) is 200 Å². The molecule has 1 saturated carbocycles. The van der Waals surface area contributed by atoms with Crippen molar-refractivity contribution < 1.29 is 58.9 Å². The Kier molecular flexibility index (Phi) is 18.6. The van der Waals surface area contributed by atoms with Crippen LogP contribution in [0.1, 0.15) is 112 Å². The quantitative estimate of drug-likeness (QED) is 0.112. The maximum absolute atomic E-state index is 14.2. The highest BCUT2D eigenvalue weighted by atomic mass is 16.6. The molecule has 2 fully saturated rings. The largest absolute Gasteiger partial charge is 0.456 e. The Morgan fingerprint density at radius 1 is 0.946 bits per heavy atom. The Morgan fingerprint density at radius 3 is 2.27 bits per heavy atom. The second-order valence-corrected chi connectivity index (χ2v) is 16.9. The fourth-order valence-electron chi connectivity index (χ4n) is 8.79. The van der Waals surface area contributed by atoms with E-state index in [0.29, 0.717) is 56.9 Å². The van der Waals surface area contributed by atoms with Gasteiger partial charge < -0.3 is 44.6 Å². The van der Waals surface area contributed by atoms with Crippen LogP contribution in [0.3, 0.4) is 0 Å². The first kappa shape index (κ1) is 47.6. The number of ketones is 2. The van der Waals surface area contributed by atoms with Crippen LogP contribution in [0.15, 0.2) is 36.0 Å². The predicted octanol–water partition coefficient (Wildman–Crippen LogP) is 3.97. The van der Waals surface area contributed by atoms with E-state index in [9.17, 15) is 44.7 Å². The molecule has 0 aromatic carbocycles. The molecule has 0 radical (unpaired) electrons. The molecule has 2 heterocycles. The van der Waals surface area contributed by atoms with Crippen molar-refractivity contribution in [2.24, 2.45) is 29.6 Å². The molecule has 0 spiro atoms. The van der Waals surface area contributed by atoms with Gasteiger partial charge in [0.1, 0.15) is 17.9 Å². The highest BCUT2D eigenvalue weighted by molar-refractivity contribution is 6.39. The Bertz CT molecular complexity index is 1410. The number of hydrogen-bond acceptors (Lipinski definition) is 12. The van der Waals surface area contributed by atoms with Crippen LogP contribution in [0.25, 0.3) is 0 Å². The summed E-state index contributed by atoms with van der Waals surface area (Å²) < 4.78 is 17.2. The molecule has 5 N–H and O–H groups in total. The second-order valence-electron chi connectivity index (χ2n) is 16.9. The number of cyclic esters (lactones) is 1. The van der Waals surface area contributed by atoms with Gasteiger partial charge in [-0.15, -0.1) is 6.58 Å². The minimum Gasteiger partial charge on any atom is -0.456 e. The molecule has 13 atom stereocenters. The number of carbonyl (C=O) groups is 4. The number of nitrogens with zero attached hydrogens (tertiary/aromatic N) is 1. The fraction of sp³-hybridized carbons (Fsp3) is 0.767. The zero-order valence-electron chi connectivity index (χ0n) is 34.6. The average molecular weight is 792 g/mol. The molecule has 0 aromatic rings. The van der Waals surface area contributed by atoms with Gasteiger partial charge in [-0.3, -0.25) is 14.4 Å². The summed E-state index contributed by atoms with van der Waals surface area (Å²) in [6.07, 6.45) is 3.92. The van der Waals surface area contributed by atoms with E-state index in [1.807, 2.05) is 26.0 Å². The molecule has 2 unspecified atom stereocenters. The van der Waals surface area contributed by atoms with Crippen LogP contribution in [0.4, 0.5) is 0 Å². The summed E-state index contributed by atoms with van der Waals surface area (Å²) in [5, 5.41) is 54.8. The molecule has 13 heteroatoms. The van der Waals surface area contributed by atoms with Crippen molar-refractivity contribution in [1.82, 2.24) is 4.90 Å². The van der Waals surface area contributed by atoms with Crippen LogP contribution >= 0.6 is 0 Å². The zero-order chi connectivity index (χ0) is 41.9. The summed E-state index contributed by atoms with van der Waals surface area (Å²) in [6.45, 7) is 12.8. The van der Waals surface area contributed by atoms with Crippen LogP contribution < -0.4 is 0 Å². The Hall–Kier alpha value is -2.78. The number of esters is 1. The lowest BCUT2D eigenvalue weighted by Crippen LogP contribution is -2.58. The van der Waals surface area contributed by atoms with Gasteiger partial charge in [0.05, 0.1) is 30.5 Å². The molecule has 1 amide bonds. The number of piperidine rings is 1. The number of allylic oxidation sites excluding steroid dienone is 4. The van der Waals surface area contributed by atoms with E-state index in [0.717, 1.165) is 17.6 Å². The maximum atomic E-state index is 14.2. The van der Waals surface area contributed by atoms with Crippen LogP contribution in [-0.2, 0) is 33.4 Å². The van der Waals surface area contributed by atoms with Crippen LogP contribution in [0.5, 0.6) is 0 Å². The van der Waals surface area contributed by atoms with Gasteiger partial charge in [0, 0.05) is 44.9 Å². The number of aliphatic hydroxyl groups is 5. The third-order valence-electron chi connectivity index (χ3n) is 12.2. The molecule has 0 bridgehead atoms. The highest BCUT2D eigenvalue weighted by Gasteiger charge is 2.50. The summed E-state index contributed by atoms with van der Waals surface area (Å²) in [5.41, 5.74) is 1.52. The first-order valence-electron chi connectivity index (χ1n) is 20.4. The average Bonchev–Trinajstić information content (AvgIpc) is 3.15. The molecule has 0 aromatic heterocycles. The van der Waals surface area contributed by atoms with Gasteiger partial charge in [0.25, 0.3) is 11.7 Å². The van der Waals surface area contributed by atoms with Crippen molar-refractivity contribution in [2.75, 3.05) is 20.8 Å². The van der Waals surface area contributed by atoms with Crippen molar-refractivity contribution >= 4 is 23.4 Å². The van der Waals surface area contributed by atoms with Gasteiger partial charge in [-0.2, -0.15) is 0 Å². The van der Waals surface area contributed by atoms with Crippen molar-refractivity contribution in [3.8, 4) is 0 Å². The number of methoxy groups -OCH3 is 2. The maximum Gasteiger partial charge on any atom is 0.329 e. The molecule has 13 nitrogen and oxygen atoms in total. The van der Waals surface area contributed by atoms with E-state index in [2.05, 4.69) is 6.58 Å². The summed E-state index contributed by atoms with van der Waals surface area (Å²) in [5.74, 6) is -8.33. The number of hydrogen-bond donors (Lipinski definition) is 5. The molecule has 3 aliphatic rings. The summed E-state index contributed by atoms with van der Waals surface area (Å²) in [6, 6.07) is -1.18. The van der Waals surface area contributed by atoms with E-state index in [1.165, 1.54) is 7.11 Å². The molecule has 2 aliphatic heterocycles. The standard InChI is InChI=1S/C43H69NO12/c1-9-12-31-18-25(2)17-26(3)19-32(45)23-33(54-7)21-28(5)43(53,55-8)40(50)41(51)44-16-11-10-13-34(44)42(52)56-39(29(6)36(47)24-37(31)48)27(4)20-30-14-15-35(46)38(49)22-30/h9,18,20,26,28-36,38-39,45-47,49,53H,1,10-17,19,21-24H2,2-8H3/b25-18+,27-20+/t26-,28+,29+,30?,31+,32-,33-,34?,35+,36+,38+,39+,43+/m0/s1. The van der Waals surface area contributed by atoms with E-state index in [-0.39, 0.29) is 49.8 Å². The van der Waals surface area contributed by atoms with Gasteiger partial charge in [-0.05, 0) is 102 Å². The molecule has 1 saturated heterocycles. The predicted molar refractivity (Wildman–Crippen MR) is 210 cm³/mol. The smallest absolute Gasteiger partial charge is 0.329 e. The minimum absolute atomic E-state index is 0.0224. The third kappa shape index (κ3) is 12.6. The Balaban J connectivity index is 2.08. The zero-order valence-corrected chi connectivity index (χ0v) is 34.6. The SMILES string of the molecule is C=CC[C@@H]1/C=C(\C)C[C@H](C)C[C@H](O)C[C@@H](OC)C[C@@H](C)[C@@](O)(OC)C(=O)C(=O)N2CCCCC2C(=O)O[C@H](/C(C)=C/C2CC[C@@H](O)[C@H](O)C2)[C@H](C)[C@H](O)CC1=O. The van der Waals surface area contributed by atoms with E-state index < -0.39 is 83.9 Å². The Labute approximate surface area is 333 Å². The lowest BCUT2D eigenvalue weighted by molar-refractivity contribution is -0.220. The fourth-order valence-corrected chi connectivity index (χ4v) is 8.79. The summed E-state index contributed by atoms with van der Waals surface area (Å²) in [4.78, 5) is 57.0. The van der Waals surface area contributed by atoms with Crippen molar-refractivity contribution in [1.29, 1.82) is 0 Å². The third-order valence-corrected chi connectivity index (χ3v) is 12.2. The van der Waals surface area contributed by atoms with Crippen LogP contribution in [-0.4, -0.2) is 123 Å². The highest BCUT2D eigenvalue weighted by Crippen LogP contribution is 2.33. The molecular formula is C43H69NO12. The van der Waals surface area contributed by atoms with Crippen molar-refractivity contribution in [2.45, 2.75) is 160 Å². The van der Waals surface area contributed by atoms with E-state index >= 15 is 0 Å². The number of amides is 1. The van der Waals surface area contributed by atoms with E-state index in [1.54, 1.807) is 26.8 Å². The lowest BCUT2D eigenvalue weighted by Gasteiger charge is -2.38. The van der Waals surface area contributed by atoms with Gasteiger partial charge in [0.2, 0.25) is 5.79 Å². The first-order chi connectivity index (χ1) is 26.4. The number of rotatable bonds is 6. The Morgan fingerprint density at radius 2 is 1.64 bits per heavy atom. The number of ether oxygens (including phenoxy) is 3. The number of carbonyl (C=O) groups excluding carboxylic acids is 4. The monoisotopic (exact) mass is 791 g/mol. The van der Waals surface area contributed by atoms with Gasteiger partial charge in [-0.1, -0.05) is 44.6 Å². The van der Waals surface area contributed by atoms with E-state index in [4.69, 9.17) is 14.2 Å². The molecule has 318 valence electrons. The summed E-state index contributed by atoms with van der Waals surface area (Å²) >= 11 is 0. The number of fused-ring (bicyclic) bond motifs is 1.